The summed E-state index contributed by atoms with van der Waals surface area (Å²) in [4.78, 5) is 19.3. The van der Waals surface area contributed by atoms with E-state index in [1.807, 2.05) is 0 Å². The second-order valence-corrected chi connectivity index (χ2v) is 8.76. The number of allylic oxidation sites excluding steroid dienone is 2. The van der Waals surface area contributed by atoms with Crippen LogP contribution in [0.3, 0.4) is 0 Å². The number of carbonyl (C=O) groups excluding carboxylic acids is 1. The molecule has 1 aromatic rings. The zero-order valence-corrected chi connectivity index (χ0v) is 16.5. The number of ether oxygens (including phenoxy) is 1. The lowest BCUT2D eigenvalue weighted by atomic mass is 9.78. The van der Waals surface area contributed by atoms with Crippen LogP contribution >= 0.6 is 0 Å². The predicted octanol–water partition coefficient (Wildman–Crippen LogP) is 3.49. The zero-order chi connectivity index (χ0) is 18.9. The largest absolute Gasteiger partial charge is 0.375 e. The lowest BCUT2D eigenvalue weighted by Crippen LogP contribution is -2.51. The van der Waals surface area contributed by atoms with Crippen LogP contribution in [0.25, 0.3) is 0 Å². The Hall–Kier alpha value is -1.69. The fourth-order valence-corrected chi connectivity index (χ4v) is 4.71. The van der Waals surface area contributed by atoms with Gasteiger partial charge in [0.05, 0.1) is 5.60 Å². The molecule has 3 heterocycles. The number of amides is 1. The van der Waals surface area contributed by atoms with Crippen molar-refractivity contribution in [2.75, 3.05) is 19.7 Å². The van der Waals surface area contributed by atoms with Crippen LogP contribution in [-0.2, 0) is 16.0 Å². The van der Waals surface area contributed by atoms with Crippen LogP contribution in [-0.4, -0.2) is 46.2 Å². The van der Waals surface area contributed by atoms with E-state index in [1.54, 1.807) is 0 Å². The van der Waals surface area contributed by atoms with E-state index in [2.05, 4.69) is 41.0 Å². The minimum atomic E-state index is -0.0712. The standard InChI is InChI=1S/C21H31N3O3/c1-15(2)19-22-18(23-27-19)13-16-7-12-26-21(14-16)8-10-24(11-9-21)20(25)17-5-3-4-6-17/h3-4,15-17H,5-14H2,1-2H3. The van der Waals surface area contributed by atoms with Gasteiger partial charge in [-0.1, -0.05) is 31.2 Å². The average Bonchev–Trinajstić information content (AvgIpc) is 3.34. The van der Waals surface area contributed by atoms with Gasteiger partial charge < -0.3 is 14.2 Å². The summed E-state index contributed by atoms with van der Waals surface area (Å²) in [5.41, 5.74) is -0.0712. The van der Waals surface area contributed by atoms with Gasteiger partial charge in [-0.3, -0.25) is 4.79 Å². The Morgan fingerprint density at radius 1 is 1.30 bits per heavy atom. The fraction of sp³-hybridized carbons (Fsp3) is 0.762. The van der Waals surface area contributed by atoms with Gasteiger partial charge in [-0.05, 0) is 44.4 Å². The Bertz CT molecular complexity index is 681. The number of nitrogens with zero attached hydrogens (tertiary/aromatic N) is 3. The van der Waals surface area contributed by atoms with E-state index in [1.165, 1.54) is 0 Å². The van der Waals surface area contributed by atoms with Crippen molar-refractivity contribution >= 4 is 5.91 Å². The molecule has 1 spiro atoms. The quantitative estimate of drug-likeness (QED) is 0.756. The summed E-state index contributed by atoms with van der Waals surface area (Å²) < 4.78 is 11.6. The van der Waals surface area contributed by atoms with E-state index < -0.39 is 0 Å². The van der Waals surface area contributed by atoms with Crippen molar-refractivity contribution in [3.05, 3.63) is 23.9 Å². The minimum Gasteiger partial charge on any atom is -0.375 e. The molecule has 148 valence electrons. The van der Waals surface area contributed by atoms with Crippen LogP contribution in [0.5, 0.6) is 0 Å². The Morgan fingerprint density at radius 3 is 2.70 bits per heavy atom. The molecule has 2 saturated heterocycles. The summed E-state index contributed by atoms with van der Waals surface area (Å²) in [5, 5.41) is 4.16. The third kappa shape index (κ3) is 4.10. The Kier molecular flexibility index (Phi) is 5.35. The topological polar surface area (TPSA) is 68.5 Å². The van der Waals surface area contributed by atoms with Crippen molar-refractivity contribution in [1.29, 1.82) is 0 Å². The summed E-state index contributed by atoms with van der Waals surface area (Å²) in [6.07, 6.45) is 10.9. The number of piperidine rings is 1. The molecule has 3 aliphatic rings. The highest BCUT2D eigenvalue weighted by Gasteiger charge is 2.42. The third-order valence-electron chi connectivity index (χ3n) is 6.39. The number of hydrogen-bond donors (Lipinski definition) is 0. The van der Waals surface area contributed by atoms with Gasteiger partial charge in [-0.15, -0.1) is 0 Å². The van der Waals surface area contributed by atoms with Crippen molar-refractivity contribution in [2.45, 2.75) is 70.3 Å². The molecule has 1 atom stereocenters. The molecule has 1 aromatic heterocycles. The molecular formula is C21H31N3O3. The summed E-state index contributed by atoms with van der Waals surface area (Å²) in [7, 11) is 0. The second kappa shape index (κ2) is 7.74. The zero-order valence-electron chi connectivity index (χ0n) is 16.5. The van der Waals surface area contributed by atoms with Crippen LogP contribution < -0.4 is 0 Å². The van der Waals surface area contributed by atoms with Gasteiger partial charge in [0, 0.05) is 38.0 Å². The van der Waals surface area contributed by atoms with Crippen LogP contribution in [0.4, 0.5) is 0 Å². The van der Waals surface area contributed by atoms with Gasteiger partial charge in [0.1, 0.15) is 0 Å². The molecule has 0 aromatic carbocycles. The fourth-order valence-electron chi connectivity index (χ4n) is 4.71. The molecule has 0 N–H and O–H groups in total. The molecule has 0 radical (unpaired) electrons. The van der Waals surface area contributed by atoms with Crippen molar-refractivity contribution in [1.82, 2.24) is 15.0 Å². The Balaban J connectivity index is 1.32. The SMILES string of the molecule is CC(C)c1nc(CC2CCOC3(CCN(C(=O)C4CC=CC4)CC3)C2)no1. The third-order valence-corrected chi connectivity index (χ3v) is 6.39. The molecule has 2 aliphatic heterocycles. The summed E-state index contributed by atoms with van der Waals surface area (Å²) >= 11 is 0. The monoisotopic (exact) mass is 373 g/mol. The molecule has 6 nitrogen and oxygen atoms in total. The molecule has 0 saturated carbocycles. The number of likely N-dealkylation sites (tertiary alicyclic amines) is 1. The van der Waals surface area contributed by atoms with Gasteiger partial charge in [0.25, 0.3) is 0 Å². The maximum Gasteiger partial charge on any atom is 0.229 e. The molecule has 2 fully saturated rings. The summed E-state index contributed by atoms with van der Waals surface area (Å²) in [5.74, 6) is 2.84. The normalized spacial score (nSPS) is 25.6. The number of hydrogen-bond acceptors (Lipinski definition) is 5. The number of rotatable bonds is 4. The first-order chi connectivity index (χ1) is 13.0. The second-order valence-electron chi connectivity index (χ2n) is 8.76. The molecular weight excluding hydrogens is 342 g/mol. The minimum absolute atomic E-state index is 0.0712. The maximum absolute atomic E-state index is 12.7. The highest BCUT2D eigenvalue weighted by Crippen LogP contribution is 2.39. The molecule has 4 rings (SSSR count). The van der Waals surface area contributed by atoms with E-state index in [9.17, 15) is 4.79 Å². The molecule has 27 heavy (non-hydrogen) atoms. The number of carbonyl (C=O) groups is 1. The van der Waals surface area contributed by atoms with Crippen molar-refractivity contribution in [2.24, 2.45) is 11.8 Å². The lowest BCUT2D eigenvalue weighted by molar-refractivity contribution is -0.150. The van der Waals surface area contributed by atoms with Gasteiger partial charge >= 0.3 is 0 Å². The Morgan fingerprint density at radius 2 is 2.04 bits per heavy atom. The molecule has 1 amide bonds. The lowest BCUT2D eigenvalue weighted by Gasteiger charge is -2.46. The Labute approximate surface area is 161 Å². The van der Waals surface area contributed by atoms with Gasteiger partial charge in [-0.2, -0.15) is 4.98 Å². The smallest absolute Gasteiger partial charge is 0.229 e. The van der Waals surface area contributed by atoms with Crippen molar-refractivity contribution < 1.29 is 14.1 Å². The first kappa shape index (κ1) is 18.7. The highest BCUT2D eigenvalue weighted by molar-refractivity contribution is 5.79. The average molecular weight is 373 g/mol. The van der Waals surface area contributed by atoms with E-state index in [-0.39, 0.29) is 17.4 Å². The predicted molar refractivity (Wildman–Crippen MR) is 101 cm³/mol. The van der Waals surface area contributed by atoms with E-state index in [4.69, 9.17) is 9.26 Å². The maximum atomic E-state index is 12.7. The number of aromatic nitrogens is 2. The van der Waals surface area contributed by atoms with Crippen molar-refractivity contribution in [3.8, 4) is 0 Å². The molecule has 1 aliphatic carbocycles. The molecule has 0 bridgehead atoms. The summed E-state index contributed by atoms with van der Waals surface area (Å²) in [6, 6.07) is 0. The van der Waals surface area contributed by atoms with Gasteiger partial charge in [0.2, 0.25) is 11.8 Å². The van der Waals surface area contributed by atoms with Gasteiger partial charge in [0.15, 0.2) is 5.82 Å². The highest BCUT2D eigenvalue weighted by atomic mass is 16.5. The van der Waals surface area contributed by atoms with Crippen LogP contribution in [0.15, 0.2) is 16.7 Å². The van der Waals surface area contributed by atoms with Crippen LogP contribution in [0.2, 0.25) is 0 Å². The van der Waals surface area contributed by atoms with Crippen molar-refractivity contribution in [3.63, 3.8) is 0 Å². The molecule has 6 heteroatoms. The van der Waals surface area contributed by atoms with E-state index in [0.29, 0.717) is 11.8 Å². The first-order valence-electron chi connectivity index (χ1n) is 10.4. The molecule has 1 unspecified atom stereocenters. The van der Waals surface area contributed by atoms with Crippen LogP contribution in [0, 0.1) is 11.8 Å². The van der Waals surface area contributed by atoms with Gasteiger partial charge in [-0.25, -0.2) is 0 Å². The summed E-state index contributed by atoms with van der Waals surface area (Å²) in [6.45, 7) is 6.57. The first-order valence-corrected chi connectivity index (χ1v) is 10.4. The van der Waals surface area contributed by atoms with Crippen LogP contribution in [0.1, 0.15) is 70.0 Å². The van der Waals surface area contributed by atoms with E-state index >= 15 is 0 Å². The van der Waals surface area contributed by atoms with E-state index in [0.717, 1.165) is 76.4 Å².